The number of aryl methyl sites for hydroxylation is 1. The summed E-state index contributed by atoms with van der Waals surface area (Å²) in [7, 11) is 0. The normalized spacial score (nSPS) is 18.0. The van der Waals surface area contributed by atoms with Crippen molar-refractivity contribution in [2.75, 3.05) is 26.4 Å². The van der Waals surface area contributed by atoms with E-state index in [-0.39, 0.29) is 57.1 Å². The largest absolute Gasteiger partial charge is 0.491 e. The third-order valence-corrected chi connectivity index (χ3v) is 9.57. The highest BCUT2D eigenvalue weighted by Gasteiger charge is 2.45. The van der Waals surface area contributed by atoms with Gasteiger partial charge >= 0.3 is 5.97 Å². The second-order valence-corrected chi connectivity index (χ2v) is 14.8. The predicted molar refractivity (Wildman–Crippen MR) is 187 cm³/mol. The number of nitrogens with zero attached hydrogens (tertiary/aromatic N) is 3. The van der Waals surface area contributed by atoms with Gasteiger partial charge in [0, 0.05) is 37.2 Å². The molecule has 1 aromatic heterocycles. The van der Waals surface area contributed by atoms with Crippen molar-refractivity contribution in [1.82, 2.24) is 20.1 Å². The molecule has 5 rings (SSSR count). The number of hydrogen-bond donors (Lipinski definition) is 2. The average Bonchev–Trinajstić information content (AvgIpc) is 3.75. The number of thiazole rings is 1. The van der Waals surface area contributed by atoms with E-state index in [2.05, 4.69) is 10.3 Å². The number of β-amino-alcohol motifs (C(OH)–C–C–N with tert-alkyl or cyclic N) is 1. The lowest BCUT2D eigenvalue weighted by Crippen LogP contribution is -2.55. The number of aliphatic hydroxyl groups excluding tert-OH is 1. The van der Waals surface area contributed by atoms with Crippen molar-refractivity contribution in [3.05, 3.63) is 70.4 Å². The minimum atomic E-state index is -0.913. The minimum Gasteiger partial charge on any atom is -0.491 e. The Bertz CT molecular complexity index is 1720. The summed E-state index contributed by atoms with van der Waals surface area (Å²) in [5.41, 5.74) is 5.07. The maximum atomic E-state index is 14.1. The van der Waals surface area contributed by atoms with Gasteiger partial charge in [0.1, 0.15) is 36.6 Å². The summed E-state index contributed by atoms with van der Waals surface area (Å²) in [6, 6.07) is 11.3. The van der Waals surface area contributed by atoms with E-state index in [9.17, 15) is 24.3 Å². The molecule has 0 bridgehead atoms. The molecule has 2 aliphatic heterocycles. The van der Waals surface area contributed by atoms with E-state index in [4.69, 9.17) is 14.2 Å². The first-order valence-electron chi connectivity index (χ1n) is 16.8. The van der Waals surface area contributed by atoms with Gasteiger partial charge in [0.15, 0.2) is 0 Å². The summed E-state index contributed by atoms with van der Waals surface area (Å²) in [6.45, 7) is 11.5. The van der Waals surface area contributed by atoms with Crippen LogP contribution in [0.15, 0.2) is 48.0 Å². The highest BCUT2D eigenvalue weighted by molar-refractivity contribution is 7.13. The van der Waals surface area contributed by atoms with Crippen LogP contribution in [0.2, 0.25) is 0 Å². The number of ether oxygens (including phenoxy) is 3. The van der Waals surface area contributed by atoms with E-state index in [1.165, 1.54) is 16.2 Å². The molecule has 13 heteroatoms. The van der Waals surface area contributed by atoms with Crippen LogP contribution in [0.4, 0.5) is 0 Å². The maximum absolute atomic E-state index is 14.1. The quantitative estimate of drug-likeness (QED) is 0.198. The molecule has 2 aromatic carbocycles. The summed E-state index contributed by atoms with van der Waals surface area (Å²) >= 11 is 1.51. The highest BCUT2D eigenvalue weighted by Crippen LogP contribution is 2.33. The van der Waals surface area contributed by atoms with Crippen molar-refractivity contribution in [1.29, 1.82) is 0 Å². The van der Waals surface area contributed by atoms with Gasteiger partial charge in [-0.25, -0.2) is 9.78 Å². The summed E-state index contributed by atoms with van der Waals surface area (Å²) in [5.74, 6) is -1.17. The molecule has 1 fully saturated rings. The van der Waals surface area contributed by atoms with Crippen LogP contribution in [0, 0.1) is 12.8 Å². The summed E-state index contributed by atoms with van der Waals surface area (Å²) in [4.78, 5) is 61.4. The number of benzene rings is 2. The second-order valence-electron chi connectivity index (χ2n) is 14.0. The highest BCUT2D eigenvalue weighted by atomic mass is 32.1. The number of carbonyl (C=O) groups excluding carboxylic acids is 4. The molecule has 2 aliphatic rings. The lowest BCUT2D eigenvalue weighted by molar-refractivity contribution is -0.160. The van der Waals surface area contributed by atoms with Gasteiger partial charge < -0.3 is 34.4 Å². The number of esters is 1. The molecule has 50 heavy (non-hydrogen) atoms. The maximum Gasteiger partial charge on any atom is 0.332 e. The monoisotopic (exact) mass is 706 g/mol. The van der Waals surface area contributed by atoms with Gasteiger partial charge in [-0.15, -0.1) is 11.3 Å². The van der Waals surface area contributed by atoms with Crippen LogP contribution in [0.1, 0.15) is 68.2 Å². The minimum absolute atomic E-state index is 0.00429. The lowest BCUT2D eigenvalue weighted by Gasteiger charge is -2.35. The van der Waals surface area contributed by atoms with Gasteiger partial charge in [-0.1, -0.05) is 44.2 Å². The zero-order chi connectivity index (χ0) is 36.2. The van der Waals surface area contributed by atoms with Crippen molar-refractivity contribution in [2.45, 2.75) is 84.8 Å². The fourth-order valence-electron chi connectivity index (χ4n) is 6.35. The molecule has 0 spiro atoms. The number of amides is 3. The fraction of sp³-hybridized carbons (Fsp3) is 0.486. The number of aromatic nitrogens is 1. The van der Waals surface area contributed by atoms with E-state index < -0.39 is 35.7 Å². The molecule has 0 saturated carbocycles. The Kier molecular flexibility index (Phi) is 11.6. The van der Waals surface area contributed by atoms with Crippen molar-refractivity contribution >= 4 is 35.0 Å². The third-order valence-electron chi connectivity index (χ3n) is 8.59. The number of likely N-dealkylation sites (tertiary alicyclic amines) is 1. The molecule has 3 amide bonds. The molecule has 2 N–H and O–H groups in total. The SMILES string of the molecule is Cc1ncsc1-c1ccc(CNC(=O)[C@@H]2C[C@@H](O)CN2C(=O)[C@H](C(C)C)N2Cc3ccccc3C2=O)c(OCCOCC(=O)OC(C)(C)C)c1. The van der Waals surface area contributed by atoms with Crippen molar-refractivity contribution in [3.8, 4) is 16.2 Å². The first-order chi connectivity index (χ1) is 23.7. The van der Waals surface area contributed by atoms with Gasteiger partial charge in [0.25, 0.3) is 5.91 Å². The van der Waals surface area contributed by atoms with E-state index in [1.807, 2.05) is 51.1 Å². The Morgan fingerprint density at radius 1 is 1.12 bits per heavy atom. The standard InChI is InChI=1S/C37H46N4O8S/c1-22(2)32(41-18-26-9-7-8-10-28(26)35(41)45)36(46)40-19-27(42)16-29(40)34(44)38-17-25-12-11-24(33-23(3)39-21-50-33)15-30(25)48-14-13-47-20-31(43)49-37(4,5)6/h7-12,15,21-22,27,29,32,42H,13-14,16-20H2,1-6H3,(H,38,44)/t27-,29+,32+/m1/s1. The Balaban J connectivity index is 1.26. The lowest BCUT2D eigenvalue weighted by atomic mass is 10.0. The molecular weight excluding hydrogens is 660 g/mol. The molecule has 12 nitrogen and oxygen atoms in total. The molecule has 268 valence electrons. The third kappa shape index (κ3) is 8.69. The van der Waals surface area contributed by atoms with Gasteiger partial charge in [-0.3, -0.25) is 14.4 Å². The molecule has 3 heterocycles. The van der Waals surface area contributed by atoms with Gasteiger partial charge in [0.05, 0.1) is 28.8 Å². The van der Waals surface area contributed by atoms with Crippen LogP contribution < -0.4 is 10.1 Å². The summed E-state index contributed by atoms with van der Waals surface area (Å²) in [5, 5.41) is 13.6. The van der Waals surface area contributed by atoms with E-state index >= 15 is 0 Å². The smallest absolute Gasteiger partial charge is 0.332 e. The molecule has 0 radical (unpaired) electrons. The van der Waals surface area contributed by atoms with Gasteiger partial charge in [-0.05, 0) is 56.9 Å². The Labute approximate surface area is 296 Å². The van der Waals surface area contributed by atoms with Crippen LogP contribution in [-0.2, 0) is 36.9 Å². The number of nitrogens with one attached hydrogen (secondary N) is 1. The number of carbonyl (C=O) groups is 4. The van der Waals surface area contributed by atoms with E-state index in [0.717, 1.165) is 21.7 Å². The van der Waals surface area contributed by atoms with Crippen molar-refractivity contribution in [3.63, 3.8) is 0 Å². The van der Waals surface area contributed by atoms with Crippen molar-refractivity contribution < 1.29 is 38.5 Å². The van der Waals surface area contributed by atoms with Crippen LogP contribution in [0.3, 0.4) is 0 Å². The summed E-state index contributed by atoms with van der Waals surface area (Å²) < 4.78 is 16.8. The van der Waals surface area contributed by atoms with Crippen LogP contribution in [0.25, 0.3) is 10.4 Å². The Hall–Kier alpha value is -4.33. The molecule has 0 aliphatic carbocycles. The molecular formula is C37H46N4O8S. The fourth-order valence-corrected chi connectivity index (χ4v) is 7.15. The van der Waals surface area contributed by atoms with Crippen LogP contribution in [-0.4, -0.2) is 93.7 Å². The van der Waals surface area contributed by atoms with Crippen LogP contribution >= 0.6 is 11.3 Å². The predicted octanol–water partition coefficient (Wildman–Crippen LogP) is 4.11. The molecule has 3 atom stereocenters. The van der Waals surface area contributed by atoms with E-state index in [0.29, 0.717) is 23.4 Å². The zero-order valence-electron chi connectivity index (χ0n) is 29.4. The van der Waals surface area contributed by atoms with Crippen molar-refractivity contribution in [2.24, 2.45) is 5.92 Å². The van der Waals surface area contributed by atoms with E-state index in [1.54, 1.807) is 43.3 Å². The van der Waals surface area contributed by atoms with Gasteiger partial charge in [0.2, 0.25) is 11.8 Å². The molecule has 0 unspecified atom stereocenters. The Morgan fingerprint density at radius 2 is 1.88 bits per heavy atom. The van der Waals surface area contributed by atoms with Crippen LogP contribution in [0.5, 0.6) is 5.75 Å². The van der Waals surface area contributed by atoms with Gasteiger partial charge in [-0.2, -0.15) is 0 Å². The average molecular weight is 707 g/mol. The Morgan fingerprint density at radius 3 is 2.56 bits per heavy atom. The first-order valence-corrected chi connectivity index (χ1v) is 17.7. The second kappa shape index (κ2) is 15.7. The summed E-state index contributed by atoms with van der Waals surface area (Å²) in [6.07, 6.45) is -0.797. The number of fused-ring (bicyclic) bond motifs is 1. The first kappa shape index (κ1) is 36.9. The topological polar surface area (TPSA) is 148 Å². The number of rotatable bonds is 13. The number of aliphatic hydroxyl groups is 1. The zero-order valence-corrected chi connectivity index (χ0v) is 30.2. The molecule has 3 aromatic rings. The number of hydrogen-bond acceptors (Lipinski definition) is 10. The molecule has 1 saturated heterocycles.